The normalized spacial score (nSPS) is 13.8. The smallest absolute Gasteiger partial charge is 0.223 e. The van der Waals surface area contributed by atoms with Gasteiger partial charge in [-0.2, -0.15) is 0 Å². The van der Waals surface area contributed by atoms with Crippen molar-refractivity contribution >= 4 is 5.91 Å². The van der Waals surface area contributed by atoms with Crippen molar-refractivity contribution in [3.05, 3.63) is 65.5 Å². The summed E-state index contributed by atoms with van der Waals surface area (Å²) in [5.41, 5.74) is 3.70. The highest BCUT2D eigenvalue weighted by Gasteiger charge is 2.32. The van der Waals surface area contributed by atoms with Gasteiger partial charge in [0.2, 0.25) is 5.91 Å². The predicted molar refractivity (Wildman–Crippen MR) is 92.0 cm³/mol. The predicted octanol–water partition coefficient (Wildman–Crippen LogP) is 3.77. The minimum Gasteiger partial charge on any atom is -0.335 e. The van der Waals surface area contributed by atoms with Crippen molar-refractivity contribution in [2.75, 3.05) is 0 Å². The third-order valence-electron chi connectivity index (χ3n) is 4.44. The second-order valence-corrected chi connectivity index (χ2v) is 6.28. The van der Waals surface area contributed by atoms with Crippen LogP contribution in [0.15, 0.2) is 48.8 Å². The lowest BCUT2D eigenvalue weighted by Gasteiger charge is -2.22. The summed E-state index contributed by atoms with van der Waals surface area (Å²) in [5, 5.41) is 0. The molecule has 1 aromatic carbocycles. The molecule has 1 heterocycles. The van der Waals surface area contributed by atoms with Gasteiger partial charge in [0.25, 0.3) is 0 Å². The average molecular weight is 308 g/mol. The van der Waals surface area contributed by atoms with E-state index >= 15 is 0 Å². The Kier molecular flexibility index (Phi) is 5.06. The number of hydrogen-bond donors (Lipinski definition) is 0. The lowest BCUT2D eigenvalue weighted by molar-refractivity contribution is -0.132. The molecule has 0 saturated heterocycles. The van der Waals surface area contributed by atoms with Gasteiger partial charge in [0.15, 0.2) is 0 Å². The number of nitrogens with zero attached hydrogens (tertiary/aromatic N) is 2. The molecule has 1 aromatic heterocycles. The molecule has 120 valence electrons. The van der Waals surface area contributed by atoms with Crippen molar-refractivity contribution in [2.24, 2.45) is 0 Å². The summed E-state index contributed by atoms with van der Waals surface area (Å²) < 4.78 is 0. The fraction of sp³-hybridized carbons (Fsp3) is 0.400. The number of aryl methyl sites for hydroxylation is 2. The van der Waals surface area contributed by atoms with Crippen LogP contribution in [0.5, 0.6) is 0 Å². The zero-order chi connectivity index (χ0) is 16.1. The van der Waals surface area contributed by atoms with Crippen molar-refractivity contribution in [1.29, 1.82) is 0 Å². The van der Waals surface area contributed by atoms with Gasteiger partial charge >= 0.3 is 0 Å². The number of hydrogen-bond acceptors (Lipinski definition) is 2. The molecule has 0 bridgehead atoms. The molecule has 0 unspecified atom stereocenters. The second kappa shape index (κ2) is 7.40. The first kappa shape index (κ1) is 15.7. The molecule has 1 fully saturated rings. The second-order valence-electron chi connectivity index (χ2n) is 6.28. The maximum atomic E-state index is 12.6. The van der Waals surface area contributed by atoms with Crippen LogP contribution in [0, 0.1) is 0 Å². The van der Waals surface area contributed by atoms with E-state index in [-0.39, 0.29) is 5.91 Å². The standard InChI is InChI=1S/C20H24N2O/c1-2-16-5-7-17(8-6-16)9-12-20(23)22(19-10-11-19)15-18-4-3-13-21-14-18/h3-8,13-14,19H,2,9-12,15H2,1H3. The maximum absolute atomic E-state index is 12.6. The van der Waals surface area contributed by atoms with Gasteiger partial charge in [0.1, 0.15) is 0 Å². The van der Waals surface area contributed by atoms with Crippen LogP contribution in [0.3, 0.4) is 0 Å². The molecule has 2 aromatic rings. The number of rotatable bonds is 7. The summed E-state index contributed by atoms with van der Waals surface area (Å²) in [6.07, 6.45) is 8.36. The highest BCUT2D eigenvalue weighted by molar-refractivity contribution is 5.77. The summed E-state index contributed by atoms with van der Waals surface area (Å²) in [7, 11) is 0. The Hall–Kier alpha value is -2.16. The molecule has 1 aliphatic rings. The van der Waals surface area contributed by atoms with Crippen LogP contribution in [0.4, 0.5) is 0 Å². The van der Waals surface area contributed by atoms with Crippen molar-refractivity contribution in [3.8, 4) is 0 Å². The van der Waals surface area contributed by atoms with E-state index in [9.17, 15) is 4.79 Å². The van der Waals surface area contributed by atoms with Crippen molar-refractivity contribution in [2.45, 2.75) is 51.6 Å². The Bertz CT molecular complexity index is 632. The van der Waals surface area contributed by atoms with Crippen LogP contribution >= 0.6 is 0 Å². The van der Waals surface area contributed by atoms with Crippen molar-refractivity contribution in [1.82, 2.24) is 9.88 Å². The highest BCUT2D eigenvalue weighted by Crippen LogP contribution is 2.29. The van der Waals surface area contributed by atoms with Crippen LogP contribution < -0.4 is 0 Å². The highest BCUT2D eigenvalue weighted by atomic mass is 16.2. The molecule has 1 aliphatic carbocycles. The molecule has 0 N–H and O–H groups in total. The van der Waals surface area contributed by atoms with Crippen molar-refractivity contribution < 1.29 is 4.79 Å². The summed E-state index contributed by atoms with van der Waals surface area (Å²) >= 11 is 0. The first-order valence-corrected chi connectivity index (χ1v) is 8.52. The van der Waals surface area contributed by atoms with Gasteiger partial charge in [-0.05, 0) is 48.4 Å². The van der Waals surface area contributed by atoms with Crippen molar-refractivity contribution in [3.63, 3.8) is 0 Å². The number of pyridine rings is 1. The zero-order valence-corrected chi connectivity index (χ0v) is 13.7. The molecule has 0 aliphatic heterocycles. The Morgan fingerprint density at radius 1 is 1.13 bits per heavy atom. The number of aromatic nitrogens is 1. The number of amides is 1. The number of benzene rings is 1. The lowest BCUT2D eigenvalue weighted by Crippen LogP contribution is -2.32. The molecule has 0 spiro atoms. The third-order valence-corrected chi connectivity index (χ3v) is 4.44. The zero-order valence-electron chi connectivity index (χ0n) is 13.7. The summed E-state index contributed by atoms with van der Waals surface area (Å²) in [6.45, 7) is 2.84. The monoisotopic (exact) mass is 308 g/mol. The molecular formula is C20H24N2O. The molecule has 3 heteroatoms. The molecule has 0 radical (unpaired) electrons. The fourth-order valence-electron chi connectivity index (χ4n) is 2.83. The van der Waals surface area contributed by atoms with E-state index in [0.717, 1.165) is 31.2 Å². The summed E-state index contributed by atoms with van der Waals surface area (Å²) in [5.74, 6) is 0.260. The van der Waals surface area contributed by atoms with Crippen LogP contribution in [0.25, 0.3) is 0 Å². The molecule has 3 rings (SSSR count). The van der Waals surface area contributed by atoms with Gasteiger partial charge < -0.3 is 4.90 Å². The fourth-order valence-corrected chi connectivity index (χ4v) is 2.83. The Balaban J connectivity index is 1.58. The van der Waals surface area contributed by atoms with Crippen LogP contribution in [-0.4, -0.2) is 21.8 Å². The quantitative estimate of drug-likeness (QED) is 0.780. The first-order valence-electron chi connectivity index (χ1n) is 8.52. The van der Waals surface area contributed by atoms with E-state index in [0.29, 0.717) is 19.0 Å². The lowest BCUT2D eigenvalue weighted by atomic mass is 10.1. The minimum atomic E-state index is 0.260. The van der Waals surface area contributed by atoms with E-state index in [4.69, 9.17) is 0 Å². The minimum absolute atomic E-state index is 0.260. The maximum Gasteiger partial charge on any atom is 0.223 e. The van der Waals surface area contributed by atoms with E-state index in [2.05, 4.69) is 36.2 Å². The molecule has 1 saturated carbocycles. The van der Waals surface area contributed by atoms with Gasteiger partial charge in [0, 0.05) is 31.4 Å². The van der Waals surface area contributed by atoms with Crippen LogP contribution in [0.2, 0.25) is 0 Å². The van der Waals surface area contributed by atoms with E-state index in [1.165, 1.54) is 11.1 Å². The van der Waals surface area contributed by atoms with Gasteiger partial charge in [-0.25, -0.2) is 0 Å². The SMILES string of the molecule is CCc1ccc(CCC(=O)N(Cc2cccnc2)C2CC2)cc1. The molecule has 23 heavy (non-hydrogen) atoms. The molecular weight excluding hydrogens is 284 g/mol. The van der Waals surface area contributed by atoms with Gasteiger partial charge in [-0.3, -0.25) is 9.78 Å². The van der Waals surface area contributed by atoms with E-state index in [1.807, 2.05) is 23.2 Å². The number of carbonyl (C=O) groups is 1. The Labute approximate surface area is 138 Å². The van der Waals surface area contributed by atoms with Gasteiger partial charge in [-0.1, -0.05) is 37.3 Å². The largest absolute Gasteiger partial charge is 0.335 e. The summed E-state index contributed by atoms with van der Waals surface area (Å²) in [6, 6.07) is 13.0. The van der Waals surface area contributed by atoms with E-state index < -0.39 is 0 Å². The molecule has 1 amide bonds. The first-order chi connectivity index (χ1) is 11.3. The summed E-state index contributed by atoms with van der Waals surface area (Å²) in [4.78, 5) is 18.8. The van der Waals surface area contributed by atoms with Crippen LogP contribution in [0.1, 0.15) is 42.9 Å². The van der Waals surface area contributed by atoms with Crippen LogP contribution in [-0.2, 0) is 24.2 Å². The number of carbonyl (C=O) groups excluding carboxylic acids is 1. The average Bonchev–Trinajstić information content (AvgIpc) is 3.44. The van der Waals surface area contributed by atoms with E-state index in [1.54, 1.807) is 6.20 Å². The Morgan fingerprint density at radius 2 is 1.87 bits per heavy atom. The van der Waals surface area contributed by atoms with Gasteiger partial charge in [-0.15, -0.1) is 0 Å². The third kappa shape index (κ3) is 4.41. The molecule has 0 atom stereocenters. The van der Waals surface area contributed by atoms with Gasteiger partial charge in [0.05, 0.1) is 0 Å². The molecule has 3 nitrogen and oxygen atoms in total. The Morgan fingerprint density at radius 3 is 2.48 bits per heavy atom. The topological polar surface area (TPSA) is 33.2 Å².